The van der Waals surface area contributed by atoms with Gasteiger partial charge in [-0.15, -0.1) is 0 Å². The molecule has 0 aromatic heterocycles. The van der Waals surface area contributed by atoms with Crippen LogP contribution in [0.3, 0.4) is 0 Å². The van der Waals surface area contributed by atoms with Crippen LogP contribution in [0.25, 0.3) is 64.6 Å². The molecule has 9 aromatic rings. The van der Waals surface area contributed by atoms with Gasteiger partial charge in [0.2, 0.25) is 0 Å². The summed E-state index contributed by atoms with van der Waals surface area (Å²) in [5.41, 5.74) is 8.81. The van der Waals surface area contributed by atoms with Crippen LogP contribution >= 0.6 is 0 Å². The topological polar surface area (TPSA) is 48.1 Å². The van der Waals surface area contributed by atoms with Crippen molar-refractivity contribution in [3.63, 3.8) is 0 Å². The van der Waals surface area contributed by atoms with E-state index in [0.29, 0.717) is 0 Å². The molecular formula is C42H26N4. The third kappa shape index (κ3) is 3.55. The summed E-state index contributed by atoms with van der Waals surface area (Å²) in [4.78, 5) is 0. The van der Waals surface area contributed by atoms with Crippen LogP contribution in [0, 0.1) is 0 Å². The highest BCUT2D eigenvalue weighted by molar-refractivity contribution is 6.12. The van der Waals surface area contributed by atoms with E-state index in [1.54, 1.807) is 0 Å². The van der Waals surface area contributed by atoms with Crippen LogP contribution < -0.4 is 21.3 Å². The van der Waals surface area contributed by atoms with Crippen molar-refractivity contribution in [2.75, 3.05) is 21.3 Å². The molecule has 11 rings (SSSR count). The van der Waals surface area contributed by atoms with Gasteiger partial charge in [0.05, 0.1) is 45.5 Å². The zero-order valence-electron chi connectivity index (χ0n) is 24.7. The van der Waals surface area contributed by atoms with Crippen molar-refractivity contribution >= 4 is 110 Å². The van der Waals surface area contributed by atoms with Crippen LogP contribution in [0.2, 0.25) is 0 Å². The normalized spacial score (nSPS) is 13.0. The molecular weight excluding hydrogens is 560 g/mol. The molecule has 0 radical (unpaired) electrons. The lowest BCUT2D eigenvalue weighted by atomic mass is 9.96. The first-order valence-electron chi connectivity index (χ1n) is 15.7. The molecule has 0 fully saturated rings. The minimum Gasteiger partial charge on any atom is -0.352 e. The van der Waals surface area contributed by atoms with E-state index < -0.39 is 0 Å². The molecule has 0 unspecified atom stereocenters. The van der Waals surface area contributed by atoms with Crippen molar-refractivity contribution in [2.45, 2.75) is 0 Å². The quantitative estimate of drug-likeness (QED) is 0.134. The van der Waals surface area contributed by atoms with Crippen molar-refractivity contribution in [1.82, 2.24) is 0 Å². The van der Waals surface area contributed by atoms with Gasteiger partial charge in [-0.05, 0) is 150 Å². The van der Waals surface area contributed by atoms with Gasteiger partial charge in [0, 0.05) is 0 Å². The number of fused-ring (bicyclic) bond motifs is 10. The van der Waals surface area contributed by atoms with Gasteiger partial charge in [0.1, 0.15) is 0 Å². The maximum Gasteiger partial charge on any atom is 0.0630 e. The summed E-state index contributed by atoms with van der Waals surface area (Å²) in [5.74, 6) is 0. The molecule has 4 heteroatoms. The number of benzene rings is 9. The van der Waals surface area contributed by atoms with Gasteiger partial charge < -0.3 is 21.3 Å². The Bertz CT molecular complexity index is 2440. The fourth-order valence-corrected chi connectivity index (χ4v) is 7.49. The van der Waals surface area contributed by atoms with Crippen molar-refractivity contribution in [2.24, 2.45) is 0 Å². The van der Waals surface area contributed by atoms with Gasteiger partial charge in [-0.2, -0.15) is 0 Å². The Morgan fingerprint density at radius 1 is 0.196 bits per heavy atom. The Morgan fingerprint density at radius 2 is 0.370 bits per heavy atom. The summed E-state index contributed by atoms with van der Waals surface area (Å²) < 4.78 is 0. The molecule has 0 saturated carbocycles. The van der Waals surface area contributed by atoms with E-state index >= 15 is 0 Å². The Hall–Kier alpha value is -6.26. The van der Waals surface area contributed by atoms with Gasteiger partial charge in [-0.3, -0.25) is 0 Å². The standard InChI is InChI=1S/C42H26N4/c1-2-6-24-16-36-35(15-23(24)5-1)43-39-19-31-11-27-9-29-13-33-21-41-42(46-38-18-26-8-4-3-7-25(26)17-37(38)45-41)22-34(33)14-30(29)10-28(27)12-32(31)20-40(39)44-36/h1-22,43-46H. The molecule has 2 aliphatic rings. The Labute approximate surface area is 264 Å². The first-order valence-corrected chi connectivity index (χ1v) is 15.7. The predicted molar refractivity (Wildman–Crippen MR) is 197 cm³/mol. The van der Waals surface area contributed by atoms with Crippen LogP contribution in [0.1, 0.15) is 0 Å². The molecule has 0 atom stereocenters. The second-order valence-electron chi connectivity index (χ2n) is 12.7. The molecule has 0 amide bonds. The minimum absolute atomic E-state index is 1.10. The van der Waals surface area contributed by atoms with Crippen LogP contribution in [0.4, 0.5) is 45.5 Å². The maximum absolute atomic E-state index is 3.69. The zero-order valence-corrected chi connectivity index (χ0v) is 24.7. The average molecular weight is 587 g/mol. The number of rotatable bonds is 0. The van der Waals surface area contributed by atoms with E-state index in [9.17, 15) is 0 Å². The summed E-state index contributed by atoms with van der Waals surface area (Å²) in [6, 6.07) is 49.0. The van der Waals surface area contributed by atoms with E-state index in [2.05, 4.69) is 155 Å². The van der Waals surface area contributed by atoms with Gasteiger partial charge >= 0.3 is 0 Å². The second-order valence-corrected chi connectivity index (χ2v) is 12.7. The SMILES string of the molecule is c1ccc2cc3c(cc2c1)Nc1cc2cc4cc5cc6cc7c(cc6cc5cc4cc2cc1N3)Nc1cc2ccccc2cc1N7. The Morgan fingerprint density at radius 3 is 0.587 bits per heavy atom. The van der Waals surface area contributed by atoms with Gasteiger partial charge in [0.25, 0.3) is 0 Å². The van der Waals surface area contributed by atoms with E-state index in [1.807, 2.05) is 0 Å². The summed E-state index contributed by atoms with van der Waals surface area (Å²) in [7, 11) is 0. The lowest BCUT2D eigenvalue weighted by Gasteiger charge is -2.24. The first kappa shape index (κ1) is 24.1. The number of nitrogens with one attached hydrogen (secondary N) is 4. The highest BCUT2D eigenvalue weighted by Gasteiger charge is 2.18. The number of hydrogen-bond acceptors (Lipinski definition) is 4. The summed E-state index contributed by atoms with van der Waals surface area (Å²) >= 11 is 0. The smallest absolute Gasteiger partial charge is 0.0630 e. The first-order chi connectivity index (χ1) is 22.7. The minimum atomic E-state index is 1.10. The van der Waals surface area contributed by atoms with Gasteiger partial charge in [-0.25, -0.2) is 0 Å². The van der Waals surface area contributed by atoms with Crippen molar-refractivity contribution in [1.29, 1.82) is 0 Å². The molecule has 2 heterocycles. The molecule has 0 bridgehead atoms. The van der Waals surface area contributed by atoms with Crippen molar-refractivity contribution in [3.05, 3.63) is 133 Å². The van der Waals surface area contributed by atoms with E-state index in [0.717, 1.165) is 45.5 Å². The van der Waals surface area contributed by atoms with Crippen molar-refractivity contribution in [3.8, 4) is 0 Å². The summed E-state index contributed by atoms with van der Waals surface area (Å²) in [6.45, 7) is 0. The summed E-state index contributed by atoms with van der Waals surface area (Å²) in [5, 5.41) is 29.6. The molecule has 2 aliphatic heterocycles. The molecule has 214 valence electrons. The largest absolute Gasteiger partial charge is 0.352 e. The maximum atomic E-state index is 3.69. The molecule has 4 nitrogen and oxygen atoms in total. The molecule has 0 spiro atoms. The summed E-state index contributed by atoms with van der Waals surface area (Å²) in [6.07, 6.45) is 0. The fraction of sp³-hybridized carbons (Fsp3) is 0. The zero-order chi connectivity index (χ0) is 29.9. The lowest BCUT2D eigenvalue weighted by Crippen LogP contribution is -2.06. The molecule has 0 aliphatic carbocycles. The van der Waals surface area contributed by atoms with Crippen LogP contribution in [-0.2, 0) is 0 Å². The third-order valence-electron chi connectivity index (χ3n) is 9.83. The second kappa shape index (κ2) is 8.68. The van der Waals surface area contributed by atoms with Gasteiger partial charge in [0.15, 0.2) is 0 Å². The third-order valence-corrected chi connectivity index (χ3v) is 9.83. The highest BCUT2D eigenvalue weighted by atomic mass is 15.0. The van der Waals surface area contributed by atoms with Crippen LogP contribution in [-0.4, -0.2) is 0 Å². The average Bonchev–Trinajstić information content (AvgIpc) is 3.07. The molecule has 4 N–H and O–H groups in total. The van der Waals surface area contributed by atoms with E-state index in [4.69, 9.17) is 0 Å². The highest BCUT2D eigenvalue weighted by Crippen LogP contribution is 2.45. The number of anilines is 8. The fourth-order valence-electron chi connectivity index (χ4n) is 7.49. The predicted octanol–water partition coefficient (Wildman–Crippen LogP) is 12.2. The Kier molecular flexibility index (Phi) is 4.55. The monoisotopic (exact) mass is 586 g/mol. The lowest BCUT2D eigenvalue weighted by molar-refractivity contribution is 1.48. The molecule has 46 heavy (non-hydrogen) atoms. The van der Waals surface area contributed by atoms with Crippen LogP contribution in [0.5, 0.6) is 0 Å². The molecule has 9 aromatic carbocycles. The van der Waals surface area contributed by atoms with E-state index in [1.165, 1.54) is 64.6 Å². The van der Waals surface area contributed by atoms with E-state index in [-0.39, 0.29) is 0 Å². The number of hydrogen-bond donors (Lipinski definition) is 4. The Balaban J connectivity index is 1.01. The van der Waals surface area contributed by atoms with Crippen molar-refractivity contribution < 1.29 is 0 Å². The van der Waals surface area contributed by atoms with Crippen LogP contribution in [0.15, 0.2) is 133 Å². The molecule has 0 saturated heterocycles. The van der Waals surface area contributed by atoms with Gasteiger partial charge in [-0.1, -0.05) is 48.5 Å².